The van der Waals surface area contributed by atoms with Crippen LogP contribution < -0.4 is 14.9 Å². The highest BCUT2D eigenvalue weighted by Crippen LogP contribution is 2.19. The van der Waals surface area contributed by atoms with Crippen molar-refractivity contribution in [3.8, 4) is 0 Å². The Kier molecular flexibility index (Phi) is 6.64. The number of halogens is 1. The van der Waals surface area contributed by atoms with E-state index in [1.807, 2.05) is 43.3 Å². The second-order valence-electron chi connectivity index (χ2n) is 6.88. The van der Waals surface area contributed by atoms with Crippen LogP contribution in [0, 0.1) is 0 Å². The molecular formula is C22H22ClN3O3S. The van der Waals surface area contributed by atoms with Crippen molar-refractivity contribution in [2.75, 3.05) is 23.7 Å². The zero-order valence-electron chi connectivity index (χ0n) is 16.6. The van der Waals surface area contributed by atoms with Crippen LogP contribution in [0.4, 0.5) is 11.4 Å². The van der Waals surface area contributed by atoms with Crippen LogP contribution >= 0.6 is 11.6 Å². The first-order valence-electron chi connectivity index (χ1n) is 9.17. The summed E-state index contributed by atoms with van der Waals surface area (Å²) in [7, 11) is 0.164. The van der Waals surface area contributed by atoms with Gasteiger partial charge in [-0.25, -0.2) is 8.42 Å². The molecule has 0 saturated carbocycles. The van der Waals surface area contributed by atoms with E-state index in [1.165, 1.54) is 24.3 Å². The largest absolute Gasteiger partial charge is 0.378 e. The van der Waals surface area contributed by atoms with Crippen molar-refractivity contribution in [3.05, 3.63) is 88.9 Å². The van der Waals surface area contributed by atoms with Crippen molar-refractivity contribution in [1.29, 1.82) is 0 Å². The second kappa shape index (κ2) is 9.19. The summed E-state index contributed by atoms with van der Waals surface area (Å²) in [6.45, 7) is 0.380. The molecule has 0 spiro atoms. The van der Waals surface area contributed by atoms with Crippen LogP contribution in [0.2, 0.25) is 5.02 Å². The van der Waals surface area contributed by atoms with Gasteiger partial charge in [0.05, 0.1) is 4.90 Å². The van der Waals surface area contributed by atoms with Gasteiger partial charge in [0.25, 0.3) is 15.9 Å². The molecule has 0 bridgehead atoms. The van der Waals surface area contributed by atoms with Crippen molar-refractivity contribution in [3.63, 3.8) is 0 Å². The zero-order valence-corrected chi connectivity index (χ0v) is 18.2. The number of sulfonamides is 1. The molecule has 0 aliphatic heterocycles. The van der Waals surface area contributed by atoms with E-state index in [9.17, 15) is 13.2 Å². The minimum Gasteiger partial charge on any atom is -0.378 e. The van der Waals surface area contributed by atoms with Crippen LogP contribution in [-0.2, 0) is 16.6 Å². The van der Waals surface area contributed by atoms with Gasteiger partial charge in [0, 0.05) is 42.6 Å². The van der Waals surface area contributed by atoms with Gasteiger partial charge in [0.15, 0.2) is 0 Å². The second-order valence-corrected chi connectivity index (χ2v) is 9.00. The Bertz CT molecular complexity index is 1110. The first kappa shape index (κ1) is 21.7. The first-order chi connectivity index (χ1) is 14.2. The summed E-state index contributed by atoms with van der Waals surface area (Å²) in [5.74, 6) is -0.277. The fraction of sp³-hybridized carbons (Fsp3) is 0.136. The maximum atomic E-state index is 12.5. The summed E-state index contributed by atoms with van der Waals surface area (Å²) in [5, 5.41) is 3.35. The van der Waals surface area contributed by atoms with Crippen LogP contribution in [0.15, 0.2) is 77.7 Å². The number of carbonyl (C=O) groups is 1. The van der Waals surface area contributed by atoms with Crippen molar-refractivity contribution in [2.24, 2.45) is 0 Å². The lowest BCUT2D eigenvalue weighted by molar-refractivity contribution is 0.0951. The number of hydrogen-bond acceptors (Lipinski definition) is 4. The average molecular weight is 444 g/mol. The molecule has 156 valence electrons. The third kappa shape index (κ3) is 5.52. The Labute approximate surface area is 181 Å². The molecule has 0 atom stereocenters. The van der Waals surface area contributed by atoms with Crippen LogP contribution in [0.25, 0.3) is 0 Å². The van der Waals surface area contributed by atoms with Crippen molar-refractivity contribution >= 4 is 38.9 Å². The summed E-state index contributed by atoms with van der Waals surface area (Å²) in [5.41, 5.74) is 2.83. The lowest BCUT2D eigenvalue weighted by Crippen LogP contribution is -2.23. The highest BCUT2D eigenvalue weighted by Gasteiger charge is 2.15. The van der Waals surface area contributed by atoms with E-state index < -0.39 is 10.0 Å². The zero-order chi connectivity index (χ0) is 21.7. The van der Waals surface area contributed by atoms with E-state index in [1.54, 1.807) is 24.3 Å². The highest BCUT2D eigenvalue weighted by atomic mass is 35.5. The quantitative estimate of drug-likeness (QED) is 0.575. The van der Waals surface area contributed by atoms with Crippen LogP contribution in [0.1, 0.15) is 15.9 Å². The predicted molar refractivity (Wildman–Crippen MR) is 121 cm³/mol. The van der Waals surface area contributed by atoms with Crippen molar-refractivity contribution < 1.29 is 13.2 Å². The molecule has 8 heteroatoms. The minimum atomic E-state index is -3.76. The molecule has 0 aromatic heterocycles. The fourth-order valence-electron chi connectivity index (χ4n) is 2.71. The third-order valence-corrected chi connectivity index (χ3v) is 6.08. The molecule has 3 aromatic rings. The maximum absolute atomic E-state index is 12.5. The maximum Gasteiger partial charge on any atom is 0.261 e. The normalized spacial score (nSPS) is 11.0. The molecule has 1 amide bonds. The van der Waals surface area contributed by atoms with Gasteiger partial charge in [-0.05, 0) is 66.2 Å². The van der Waals surface area contributed by atoms with E-state index in [-0.39, 0.29) is 10.8 Å². The van der Waals surface area contributed by atoms with Gasteiger partial charge >= 0.3 is 0 Å². The Balaban J connectivity index is 1.62. The topological polar surface area (TPSA) is 78.5 Å². The average Bonchev–Trinajstić information content (AvgIpc) is 2.74. The Morgan fingerprint density at radius 3 is 2.07 bits per heavy atom. The number of nitrogens with one attached hydrogen (secondary N) is 2. The Morgan fingerprint density at radius 2 is 1.50 bits per heavy atom. The van der Waals surface area contributed by atoms with E-state index in [0.29, 0.717) is 22.8 Å². The van der Waals surface area contributed by atoms with Crippen molar-refractivity contribution in [2.45, 2.75) is 11.4 Å². The molecule has 3 rings (SSSR count). The molecule has 0 radical (unpaired) electrons. The number of benzene rings is 3. The molecule has 2 N–H and O–H groups in total. The SMILES string of the molecule is CN(C)c1ccc(CNC(=O)c2ccc(S(=O)(=O)Nc3ccc(Cl)cc3)cc2)cc1. The molecule has 0 unspecified atom stereocenters. The molecule has 0 heterocycles. The van der Waals surface area contributed by atoms with E-state index in [4.69, 9.17) is 11.6 Å². The van der Waals surface area contributed by atoms with Crippen LogP contribution in [-0.4, -0.2) is 28.4 Å². The van der Waals surface area contributed by atoms with Gasteiger partial charge in [0.1, 0.15) is 0 Å². The monoisotopic (exact) mass is 443 g/mol. The number of amides is 1. The van der Waals surface area contributed by atoms with Gasteiger partial charge in [0.2, 0.25) is 0 Å². The van der Waals surface area contributed by atoms with Crippen molar-refractivity contribution in [1.82, 2.24) is 5.32 Å². The number of carbonyl (C=O) groups excluding carboxylic acids is 1. The third-order valence-electron chi connectivity index (χ3n) is 4.43. The predicted octanol–water partition coefficient (Wildman–Crippen LogP) is 4.14. The summed E-state index contributed by atoms with van der Waals surface area (Å²) in [4.78, 5) is 14.4. The number of hydrogen-bond donors (Lipinski definition) is 2. The van der Waals surface area contributed by atoms with E-state index in [0.717, 1.165) is 11.3 Å². The summed E-state index contributed by atoms with van der Waals surface area (Å²) in [6, 6.07) is 20.0. The lowest BCUT2D eigenvalue weighted by atomic mass is 10.2. The van der Waals surface area contributed by atoms with Crippen LogP contribution in [0.5, 0.6) is 0 Å². The summed E-state index contributed by atoms with van der Waals surface area (Å²) in [6.07, 6.45) is 0. The molecule has 3 aromatic carbocycles. The molecule has 6 nitrogen and oxygen atoms in total. The molecule has 0 saturated heterocycles. The smallest absolute Gasteiger partial charge is 0.261 e. The minimum absolute atomic E-state index is 0.0632. The molecule has 0 aliphatic carbocycles. The summed E-state index contributed by atoms with van der Waals surface area (Å²) >= 11 is 5.81. The van der Waals surface area contributed by atoms with Gasteiger partial charge in [-0.3, -0.25) is 9.52 Å². The van der Waals surface area contributed by atoms with Gasteiger partial charge in [-0.1, -0.05) is 23.7 Å². The number of nitrogens with zero attached hydrogens (tertiary/aromatic N) is 1. The van der Waals surface area contributed by atoms with Crippen LogP contribution in [0.3, 0.4) is 0 Å². The highest BCUT2D eigenvalue weighted by molar-refractivity contribution is 7.92. The van der Waals surface area contributed by atoms with E-state index >= 15 is 0 Å². The first-order valence-corrected chi connectivity index (χ1v) is 11.0. The van der Waals surface area contributed by atoms with Gasteiger partial charge < -0.3 is 10.2 Å². The van der Waals surface area contributed by atoms with Gasteiger partial charge in [-0.15, -0.1) is 0 Å². The molecule has 0 aliphatic rings. The van der Waals surface area contributed by atoms with Gasteiger partial charge in [-0.2, -0.15) is 0 Å². The lowest BCUT2D eigenvalue weighted by Gasteiger charge is -2.13. The van der Waals surface area contributed by atoms with E-state index in [2.05, 4.69) is 10.0 Å². The summed E-state index contributed by atoms with van der Waals surface area (Å²) < 4.78 is 27.5. The molecular weight excluding hydrogens is 422 g/mol. The number of anilines is 2. The molecule has 30 heavy (non-hydrogen) atoms. The molecule has 0 fully saturated rings. The Morgan fingerprint density at radius 1 is 0.900 bits per heavy atom. The Hall–Kier alpha value is -3.03. The standard InChI is InChI=1S/C22H22ClN3O3S/c1-26(2)20-11-3-16(4-12-20)15-24-22(27)17-5-13-21(14-6-17)30(28,29)25-19-9-7-18(23)8-10-19/h3-14,25H,15H2,1-2H3,(H,24,27). The fourth-order valence-corrected chi connectivity index (χ4v) is 3.90. The number of rotatable bonds is 7.